The van der Waals surface area contributed by atoms with Gasteiger partial charge in [0.05, 0.1) is 7.11 Å². The highest BCUT2D eigenvalue weighted by atomic mass is 35.5. The molecule has 0 spiro atoms. The molecular formula is C19H24ClNO3. The average Bonchev–Trinajstić information content (AvgIpc) is 2.60. The van der Waals surface area contributed by atoms with Crippen molar-refractivity contribution in [3.63, 3.8) is 0 Å². The molecule has 1 atom stereocenters. The maximum atomic E-state index is 11.3. The second-order valence-corrected chi connectivity index (χ2v) is 5.44. The molecule has 2 N–H and O–H groups in total. The van der Waals surface area contributed by atoms with Gasteiger partial charge in [0.1, 0.15) is 18.4 Å². The number of hydrogen-bond donors (Lipinski definition) is 1. The highest BCUT2D eigenvalue weighted by Gasteiger charge is 2.13. The summed E-state index contributed by atoms with van der Waals surface area (Å²) >= 11 is 0. The first-order chi connectivity index (χ1) is 11.1. The Bertz CT molecular complexity index is 626. The summed E-state index contributed by atoms with van der Waals surface area (Å²) in [6, 6.07) is 15.4. The number of ether oxygens (including phenoxy) is 2. The number of esters is 1. The third-order valence-electron chi connectivity index (χ3n) is 3.72. The SMILES string of the molecule is CCc1ccc(COc2ccc(CC(N)C(=O)OC)cc2)cc1.Cl. The summed E-state index contributed by atoms with van der Waals surface area (Å²) in [5.74, 6) is 0.390. The van der Waals surface area contributed by atoms with Crippen LogP contribution in [-0.4, -0.2) is 19.1 Å². The van der Waals surface area contributed by atoms with E-state index in [-0.39, 0.29) is 12.4 Å². The number of nitrogens with two attached hydrogens (primary N) is 1. The molecule has 0 bridgehead atoms. The molecule has 1 unspecified atom stereocenters. The second-order valence-electron chi connectivity index (χ2n) is 5.44. The van der Waals surface area contributed by atoms with Gasteiger partial charge in [-0.05, 0) is 41.7 Å². The first-order valence-corrected chi connectivity index (χ1v) is 7.75. The van der Waals surface area contributed by atoms with E-state index in [4.69, 9.17) is 10.5 Å². The zero-order valence-electron chi connectivity index (χ0n) is 14.0. The van der Waals surface area contributed by atoms with E-state index in [1.54, 1.807) is 0 Å². The van der Waals surface area contributed by atoms with Crippen molar-refractivity contribution in [2.75, 3.05) is 7.11 Å². The van der Waals surface area contributed by atoms with Crippen molar-refractivity contribution in [1.29, 1.82) is 0 Å². The van der Waals surface area contributed by atoms with E-state index in [0.717, 1.165) is 23.3 Å². The topological polar surface area (TPSA) is 61.5 Å². The van der Waals surface area contributed by atoms with Crippen molar-refractivity contribution in [3.05, 3.63) is 65.2 Å². The largest absolute Gasteiger partial charge is 0.489 e. The number of halogens is 1. The molecular weight excluding hydrogens is 326 g/mol. The Morgan fingerprint density at radius 2 is 1.54 bits per heavy atom. The molecule has 2 rings (SSSR count). The molecule has 4 nitrogen and oxygen atoms in total. The van der Waals surface area contributed by atoms with Crippen LogP contribution in [0.25, 0.3) is 0 Å². The Morgan fingerprint density at radius 3 is 2.08 bits per heavy atom. The van der Waals surface area contributed by atoms with E-state index < -0.39 is 12.0 Å². The summed E-state index contributed by atoms with van der Waals surface area (Å²) < 4.78 is 10.4. The molecule has 0 aliphatic carbocycles. The molecule has 0 saturated carbocycles. The quantitative estimate of drug-likeness (QED) is 0.779. The minimum Gasteiger partial charge on any atom is -0.489 e. The molecule has 0 fully saturated rings. The van der Waals surface area contributed by atoms with Crippen molar-refractivity contribution in [2.24, 2.45) is 5.73 Å². The van der Waals surface area contributed by atoms with Crippen LogP contribution in [0.15, 0.2) is 48.5 Å². The Morgan fingerprint density at radius 1 is 1.00 bits per heavy atom. The van der Waals surface area contributed by atoms with E-state index in [9.17, 15) is 4.79 Å². The van der Waals surface area contributed by atoms with Crippen LogP contribution in [-0.2, 0) is 29.0 Å². The Hall–Kier alpha value is -2.04. The van der Waals surface area contributed by atoms with Gasteiger partial charge in [0.15, 0.2) is 0 Å². The van der Waals surface area contributed by atoms with Crippen LogP contribution in [0.1, 0.15) is 23.6 Å². The summed E-state index contributed by atoms with van der Waals surface area (Å²) in [6.45, 7) is 2.67. The first-order valence-electron chi connectivity index (χ1n) is 7.75. The lowest BCUT2D eigenvalue weighted by Crippen LogP contribution is -2.33. The van der Waals surface area contributed by atoms with Gasteiger partial charge in [-0.25, -0.2) is 0 Å². The van der Waals surface area contributed by atoms with Crippen LogP contribution in [0.2, 0.25) is 0 Å². The summed E-state index contributed by atoms with van der Waals surface area (Å²) in [6.07, 6.45) is 1.49. The lowest BCUT2D eigenvalue weighted by Gasteiger charge is -2.10. The second kappa shape index (κ2) is 9.96. The number of carbonyl (C=O) groups excluding carboxylic acids is 1. The molecule has 0 heterocycles. The first kappa shape index (κ1) is 20.0. The van der Waals surface area contributed by atoms with Gasteiger partial charge in [-0.2, -0.15) is 0 Å². The molecule has 0 aliphatic heterocycles. The summed E-state index contributed by atoms with van der Waals surface area (Å²) in [7, 11) is 1.34. The van der Waals surface area contributed by atoms with E-state index in [0.29, 0.717) is 13.0 Å². The molecule has 130 valence electrons. The highest BCUT2D eigenvalue weighted by molar-refractivity contribution is 5.85. The molecule has 24 heavy (non-hydrogen) atoms. The van der Waals surface area contributed by atoms with E-state index in [1.165, 1.54) is 12.7 Å². The zero-order chi connectivity index (χ0) is 16.7. The van der Waals surface area contributed by atoms with Gasteiger partial charge >= 0.3 is 5.97 Å². The molecule has 2 aromatic rings. The van der Waals surface area contributed by atoms with Gasteiger partial charge in [0.2, 0.25) is 0 Å². The molecule has 2 aromatic carbocycles. The third kappa shape index (κ3) is 5.87. The van der Waals surface area contributed by atoms with Crippen LogP contribution in [0.4, 0.5) is 0 Å². The molecule has 0 aromatic heterocycles. The van der Waals surface area contributed by atoms with Crippen molar-refractivity contribution < 1.29 is 14.3 Å². The van der Waals surface area contributed by atoms with Gasteiger partial charge < -0.3 is 15.2 Å². The van der Waals surface area contributed by atoms with Crippen LogP contribution >= 0.6 is 12.4 Å². The number of carbonyl (C=O) groups is 1. The number of benzene rings is 2. The lowest BCUT2D eigenvalue weighted by molar-refractivity contribution is -0.142. The van der Waals surface area contributed by atoms with Crippen molar-refractivity contribution in [1.82, 2.24) is 0 Å². The maximum Gasteiger partial charge on any atom is 0.322 e. The van der Waals surface area contributed by atoms with Crippen LogP contribution in [0.3, 0.4) is 0 Å². The van der Waals surface area contributed by atoms with E-state index in [2.05, 4.69) is 35.9 Å². The fourth-order valence-electron chi connectivity index (χ4n) is 2.25. The van der Waals surface area contributed by atoms with E-state index >= 15 is 0 Å². The molecule has 0 saturated heterocycles. The van der Waals surface area contributed by atoms with Crippen molar-refractivity contribution >= 4 is 18.4 Å². The molecule has 0 radical (unpaired) electrons. The lowest BCUT2D eigenvalue weighted by atomic mass is 10.1. The third-order valence-corrected chi connectivity index (χ3v) is 3.72. The number of hydrogen-bond acceptors (Lipinski definition) is 4. The fraction of sp³-hybridized carbons (Fsp3) is 0.316. The zero-order valence-corrected chi connectivity index (χ0v) is 14.8. The normalized spacial score (nSPS) is 11.3. The van der Waals surface area contributed by atoms with Crippen molar-refractivity contribution in [2.45, 2.75) is 32.4 Å². The predicted molar refractivity (Wildman–Crippen MR) is 97.5 cm³/mol. The van der Waals surface area contributed by atoms with Gasteiger partial charge in [0.25, 0.3) is 0 Å². The van der Waals surface area contributed by atoms with Crippen LogP contribution in [0.5, 0.6) is 5.75 Å². The number of aryl methyl sites for hydroxylation is 1. The summed E-state index contributed by atoms with van der Waals surface area (Å²) in [5, 5.41) is 0. The highest BCUT2D eigenvalue weighted by Crippen LogP contribution is 2.15. The molecule has 5 heteroatoms. The van der Waals surface area contributed by atoms with Gasteiger partial charge in [-0.3, -0.25) is 4.79 Å². The average molecular weight is 350 g/mol. The minimum atomic E-state index is -0.635. The number of methoxy groups -OCH3 is 1. The fourth-order valence-corrected chi connectivity index (χ4v) is 2.25. The van der Waals surface area contributed by atoms with Crippen LogP contribution in [0, 0.1) is 0 Å². The standard InChI is InChI=1S/C19H23NO3.ClH/c1-3-14-4-6-16(7-5-14)13-23-17-10-8-15(9-11-17)12-18(20)19(21)22-2;/h4-11,18H,3,12-13,20H2,1-2H3;1H. The number of rotatable bonds is 7. The predicted octanol–water partition coefficient (Wildman–Crippen LogP) is 3.29. The van der Waals surface area contributed by atoms with Gasteiger partial charge in [0, 0.05) is 0 Å². The Kier molecular flexibility index (Phi) is 8.30. The van der Waals surface area contributed by atoms with Gasteiger partial charge in [-0.1, -0.05) is 43.3 Å². The summed E-state index contributed by atoms with van der Waals surface area (Å²) in [4.78, 5) is 11.3. The smallest absolute Gasteiger partial charge is 0.322 e. The molecule has 0 amide bonds. The van der Waals surface area contributed by atoms with Gasteiger partial charge in [-0.15, -0.1) is 12.4 Å². The monoisotopic (exact) mass is 349 g/mol. The summed E-state index contributed by atoms with van der Waals surface area (Å²) in [5.41, 5.74) is 9.18. The van der Waals surface area contributed by atoms with E-state index in [1.807, 2.05) is 24.3 Å². The minimum absolute atomic E-state index is 0. The van der Waals surface area contributed by atoms with Crippen molar-refractivity contribution in [3.8, 4) is 5.75 Å². The Balaban J connectivity index is 0.00000288. The maximum absolute atomic E-state index is 11.3. The van der Waals surface area contributed by atoms with Crippen LogP contribution < -0.4 is 10.5 Å². The Labute approximate surface area is 149 Å². The molecule has 0 aliphatic rings.